The van der Waals surface area contributed by atoms with Gasteiger partial charge in [-0.15, -0.1) is 0 Å². The van der Waals surface area contributed by atoms with Gasteiger partial charge in [-0.1, -0.05) is 23.7 Å². The van der Waals surface area contributed by atoms with E-state index in [1.165, 1.54) is 6.20 Å². The first-order valence-corrected chi connectivity index (χ1v) is 7.87. The zero-order valence-corrected chi connectivity index (χ0v) is 13.5. The molecule has 0 aliphatic carbocycles. The highest BCUT2D eigenvalue weighted by molar-refractivity contribution is 6.33. The molecular weight excluding hydrogens is 328 g/mol. The lowest BCUT2D eigenvalue weighted by Gasteiger charge is -2.18. The van der Waals surface area contributed by atoms with E-state index in [4.69, 9.17) is 21.6 Å². The second-order valence-electron chi connectivity index (χ2n) is 5.38. The highest BCUT2D eigenvalue weighted by atomic mass is 35.5. The lowest BCUT2D eigenvalue weighted by molar-refractivity contribution is 0.190. The number of nitrogens with one attached hydrogen (secondary N) is 1. The Morgan fingerprint density at radius 1 is 1.42 bits per heavy atom. The number of carbonyl (C=O) groups is 1. The van der Waals surface area contributed by atoms with Crippen molar-refractivity contribution in [3.8, 4) is 11.9 Å². The minimum Gasteiger partial charge on any atom is -0.472 e. The summed E-state index contributed by atoms with van der Waals surface area (Å²) in [6, 6.07) is 12.1. The molecular formula is C17H15ClN4O2. The molecule has 122 valence electrons. The van der Waals surface area contributed by atoms with Crippen LogP contribution < -0.4 is 10.1 Å². The summed E-state index contributed by atoms with van der Waals surface area (Å²) in [4.78, 5) is 18.1. The number of pyridine rings is 1. The number of ether oxygens (including phenoxy) is 1. The molecule has 2 aromatic rings. The Kier molecular flexibility index (Phi) is 4.82. The second-order valence-corrected chi connectivity index (χ2v) is 5.79. The standard InChI is InChI=1S/C17H15ClN4O2/c18-14-3-1-2-4-15(14)21-17(23)22-8-6-13(11-22)24-16-9-12(10-19)5-7-20-16/h1-5,7,9,13H,6,8,11H2,(H,21,23). The van der Waals surface area contributed by atoms with Crippen molar-refractivity contribution in [3.63, 3.8) is 0 Å². The Morgan fingerprint density at radius 3 is 3.04 bits per heavy atom. The number of aromatic nitrogens is 1. The van der Waals surface area contributed by atoms with E-state index in [1.807, 2.05) is 12.1 Å². The molecule has 1 aromatic carbocycles. The quantitative estimate of drug-likeness (QED) is 0.928. The Hall–Kier alpha value is -2.78. The molecule has 2 heterocycles. The topological polar surface area (TPSA) is 78.2 Å². The molecule has 6 nitrogen and oxygen atoms in total. The summed E-state index contributed by atoms with van der Waals surface area (Å²) in [7, 11) is 0. The lowest BCUT2D eigenvalue weighted by Crippen LogP contribution is -2.34. The highest BCUT2D eigenvalue weighted by Gasteiger charge is 2.28. The van der Waals surface area contributed by atoms with Gasteiger partial charge < -0.3 is 15.0 Å². The van der Waals surface area contributed by atoms with Crippen molar-refractivity contribution >= 4 is 23.3 Å². The van der Waals surface area contributed by atoms with E-state index in [2.05, 4.69) is 10.3 Å². The van der Waals surface area contributed by atoms with Crippen LogP contribution in [0.2, 0.25) is 5.02 Å². The van der Waals surface area contributed by atoms with Crippen molar-refractivity contribution in [2.75, 3.05) is 18.4 Å². The first kappa shape index (κ1) is 16.1. The molecule has 0 saturated carbocycles. The van der Waals surface area contributed by atoms with Crippen LogP contribution in [0.4, 0.5) is 10.5 Å². The number of urea groups is 1. The van der Waals surface area contributed by atoms with E-state index < -0.39 is 0 Å². The van der Waals surface area contributed by atoms with Crippen LogP contribution in [0.1, 0.15) is 12.0 Å². The molecule has 1 saturated heterocycles. The van der Waals surface area contributed by atoms with Gasteiger partial charge in [-0.05, 0) is 18.2 Å². The number of rotatable bonds is 3. The summed E-state index contributed by atoms with van der Waals surface area (Å²) in [5.41, 5.74) is 1.07. The van der Waals surface area contributed by atoms with Crippen molar-refractivity contribution in [2.45, 2.75) is 12.5 Å². The van der Waals surface area contributed by atoms with E-state index in [0.717, 1.165) is 0 Å². The van der Waals surface area contributed by atoms with Crippen LogP contribution in [0.25, 0.3) is 0 Å². The van der Waals surface area contributed by atoms with Crippen molar-refractivity contribution in [1.82, 2.24) is 9.88 Å². The van der Waals surface area contributed by atoms with Crippen LogP contribution in [0, 0.1) is 11.3 Å². The van der Waals surface area contributed by atoms with Crippen molar-refractivity contribution in [1.29, 1.82) is 5.26 Å². The van der Waals surface area contributed by atoms with Crippen molar-refractivity contribution < 1.29 is 9.53 Å². The van der Waals surface area contributed by atoms with E-state index >= 15 is 0 Å². The second kappa shape index (κ2) is 7.20. The number of nitriles is 1. The van der Waals surface area contributed by atoms with Gasteiger partial charge in [0.05, 0.1) is 28.9 Å². The summed E-state index contributed by atoms with van der Waals surface area (Å²) < 4.78 is 5.76. The molecule has 1 aliphatic rings. The third-order valence-corrected chi connectivity index (χ3v) is 4.03. The monoisotopic (exact) mass is 342 g/mol. The van der Waals surface area contributed by atoms with Crippen LogP contribution in [0.15, 0.2) is 42.6 Å². The van der Waals surface area contributed by atoms with Gasteiger partial charge in [0.25, 0.3) is 0 Å². The Balaban J connectivity index is 1.58. The van der Waals surface area contributed by atoms with Gasteiger partial charge in [-0.3, -0.25) is 0 Å². The summed E-state index contributed by atoms with van der Waals surface area (Å²) in [5.74, 6) is 0.396. The van der Waals surface area contributed by atoms with Crippen LogP contribution in [-0.4, -0.2) is 35.1 Å². The normalized spacial score (nSPS) is 16.5. The minimum absolute atomic E-state index is 0.150. The van der Waals surface area contributed by atoms with Gasteiger partial charge in [0.2, 0.25) is 5.88 Å². The average Bonchev–Trinajstić information content (AvgIpc) is 3.06. The summed E-state index contributed by atoms with van der Waals surface area (Å²) in [6.07, 6.45) is 2.09. The van der Waals surface area contributed by atoms with Gasteiger partial charge in [0.15, 0.2) is 0 Å². The summed E-state index contributed by atoms with van der Waals surface area (Å²) in [5, 5.41) is 12.2. The maximum absolute atomic E-state index is 12.3. The highest BCUT2D eigenvalue weighted by Crippen LogP contribution is 2.22. The zero-order valence-electron chi connectivity index (χ0n) is 12.8. The molecule has 24 heavy (non-hydrogen) atoms. The fourth-order valence-corrected chi connectivity index (χ4v) is 2.66. The van der Waals surface area contributed by atoms with E-state index in [-0.39, 0.29) is 12.1 Å². The number of nitrogens with zero attached hydrogens (tertiary/aromatic N) is 3. The molecule has 3 rings (SSSR count). The lowest BCUT2D eigenvalue weighted by atomic mass is 10.3. The van der Waals surface area contributed by atoms with Gasteiger partial charge in [0.1, 0.15) is 6.10 Å². The number of para-hydroxylation sites is 1. The fourth-order valence-electron chi connectivity index (χ4n) is 2.48. The Labute approximate surface area is 144 Å². The molecule has 2 amide bonds. The van der Waals surface area contributed by atoms with Crippen molar-refractivity contribution in [3.05, 3.63) is 53.2 Å². The van der Waals surface area contributed by atoms with Gasteiger partial charge >= 0.3 is 6.03 Å². The smallest absolute Gasteiger partial charge is 0.322 e. The third kappa shape index (κ3) is 3.76. The van der Waals surface area contributed by atoms with Crippen LogP contribution >= 0.6 is 11.6 Å². The van der Waals surface area contributed by atoms with Gasteiger partial charge in [-0.25, -0.2) is 9.78 Å². The number of hydrogen-bond donors (Lipinski definition) is 1. The number of amides is 2. The molecule has 0 radical (unpaired) electrons. The molecule has 1 aliphatic heterocycles. The maximum atomic E-state index is 12.3. The number of halogens is 1. The molecule has 0 spiro atoms. The SMILES string of the molecule is N#Cc1ccnc(OC2CCN(C(=O)Nc3ccccc3Cl)C2)c1. The van der Waals surface area contributed by atoms with Gasteiger partial charge in [0, 0.05) is 25.2 Å². The Morgan fingerprint density at radius 2 is 2.25 bits per heavy atom. The summed E-state index contributed by atoms with van der Waals surface area (Å²) in [6.45, 7) is 1.04. The maximum Gasteiger partial charge on any atom is 0.322 e. The van der Waals surface area contributed by atoms with Crippen molar-refractivity contribution in [2.24, 2.45) is 0 Å². The zero-order chi connectivity index (χ0) is 16.9. The predicted octanol–water partition coefficient (Wildman–Crippen LogP) is 3.29. The molecule has 0 bridgehead atoms. The number of benzene rings is 1. The molecule has 1 unspecified atom stereocenters. The Bertz CT molecular complexity index is 790. The largest absolute Gasteiger partial charge is 0.472 e. The fraction of sp³-hybridized carbons (Fsp3) is 0.235. The predicted molar refractivity (Wildman–Crippen MR) is 90.0 cm³/mol. The van der Waals surface area contributed by atoms with E-state index in [0.29, 0.717) is 41.7 Å². The van der Waals surface area contributed by atoms with Crippen LogP contribution in [0.3, 0.4) is 0 Å². The van der Waals surface area contributed by atoms with Gasteiger partial charge in [-0.2, -0.15) is 5.26 Å². The minimum atomic E-state index is -0.215. The molecule has 1 aromatic heterocycles. The number of likely N-dealkylation sites (tertiary alicyclic amines) is 1. The average molecular weight is 343 g/mol. The van der Waals surface area contributed by atoms with Crippen LogP contribution in [0.5, 0.6) is 5.88 Å². The molecule has 1 atom stereocenters. The van der Waals surface area contributed by atoms with Crippen LogP contribution in [-0.2, 0) is 0 Å². The summed E-state index contributed by atoms with van der Waals surface area (Å²) >= 11 is 6.05. The number of carbonyl (C=O) groups excluding carboxylic acids is 1. The molecule has 1 N–H and O–H groups in total. The first-order valence-electron chi connectivity index (χ1n) is 7.49. The molecule has 1 fully saturated rings. The number of hydrogen-bond acceptors (Lipinski definition) is 4. The molecule has 7 heteroatoms. The number of anilines is 1. The van der Waals surface area contributed by atoms with E-state index in [9.17, 15) is 4.79 Å². The first-order chi connectivity index (χ1) is 11.7. The third-order valence-electron chi connectivity index (χ3n) is 3.70. The van der Waals surface area contributed by atoms with E-state index in [1.54, 1.807) is 35.2 Å².